The number of nitro benzene ring substituents is 1. The number of amides is 2. The monoisotopic (exact) mass is 400 g/mol. The molecule has 1 aliphatic rings. The van der Waals surface area contributed by atoms with Crippen LogP contribution < -0.4 is 10.6 Å². The molecule has 10 nitrogen and oxygen atoms in total. The van der Waals surface area contributed by atoms with Crippen molar-refractivity contribution in [3.63, 3.8) is 0 Å². The number of rotatable bonds is 7. The first-order valence-corrected chi connectivity index (χ1v) is 9.48. The first-order valence-electron chi connectivity index (χ1n) is 9.48. The lowest BCUT2D eigenvalue weighted by Gasteiger charge is -2.32. The van der Waals surface area contributed by atoms with Gasteiger partial charge in [0.15, 0.2) is 0 Å². The van der Waals surface area contributed by atoms with Crippen LogP contribution in [0.4, 0.5) is 11.4 Å². The van der Waals surface area contributed by atoms with E-state index in [9.17, 15) is 19.7 Å². The molecule has 1 aromatic carbocycles. The van der Waals surface area contributed by atoms with Crippen LogP contribution in [-0.2, 0) is 11.8 Å². The highest BCUT2D eigenvalue weighted by Gasteiger charge is 2.24. The molecule has 0 saturated carbocycles. The summed E-state index contributed by atoms with van der Waals surface area (Å²) < 4.78 is 1.58. The van der Waals surface area contributed by atoms with E-state index in [-0.39, 0.29) is 30.0 Å². The summed E-state index contributed by atoms with van der Waals surface area (Å²) >= 11 is 0. The Bertz CT molecular complexity index is 888. The van der Waals surface area contributed by atoms with Crippen molar-refractivity contribution in [1.29, 1.82) is 0 Å². The number of hydrogen-bond acceptors (Lipinski definition) is 6. The van der Waals surface area contributed by atoms with E-state index in [1.54, 1.807) is 41.0 Å². The summed E-state index contributed by atoms with van der Waals surface area (Å²) in [5, 5.41) is 21.0. The number of hydrogen-bond donors (Lipinski definition) is 2. The Morgan fingerprint density at radius 2 is 2.00 bits per heavy atom. The highest BCUT2D eigenvalue weighted by molar-refractivity contribution is 5.93. The van der Waals surface area contributed by atoms with Gasteiger partial charge in [0.25, 0.3) is 11.6 Å². The molecule has 0 aliphatic carbocycles. The smallest absolute Gasteiger partial charge is 0.292 e. The molecule has 2 aromatic rings. The molecule has 0 unspecified atom stereocenters. The maximum Gasteiger partial charge on any atom is 0.292 e. The van der Waals surface area contributed by atoms with Crippen molar-refractivity contribution in [2.24, 2.45) is 7.05 Å². The Kier molecular flexibility index (Phi) is 6.43. The van der Waals surface area contributed by atoms with Crippen LogP contribution >= 0.6 is 0 Å². The molecule has 0 spiro atoms. The van der Waals surface area contributed by atoms with Gasteiger partial charge >= 0.3 is 0 Å². The summed E-state index contributed by atoms with van der Waals surface area (Å²) in [6.45, 7) is 1.46. The molecule has 2 amide bonds. The maximum atomic E-state index is 12.4. The summed E-state index contributed by atoms with van der Waals surface area (Å²) in [6, 6.07) is 6.39. The number of likely N-dealkylation sites (tertiary alicyclic amines) is 1. The highest BCUT2D eigenvalue weighted by atomic mass is 16.6. The second-order valence-electron chi connectivity index (χ2n) is 6.98. The van der Waals surface area contributed by atoms with Gasteiger partial charge in [-0.3, -0.25) is 24.4 Å². The normalized spacial score (nSPS) is 14.4. The van der Waals surface area contributed by atoms with Crippen molar-refractivity contribution >= 4 is 23.2 Å². The topological polar surface area (TPSA) is 122 Å². The zero-order chi connectivity index (χ0) is 20.8. The first kappa shape index (κ1) is 20.3. The fourth-order valence-corrected chi connectivity index (χ4v) is 3.32. The van der Waals surface area contributed by atoms with Crippen LogP contribution in [0.5, 0.6) is 0 Å². The first-order chi connectivity index (χ1) is 13.9. The molecule has 0 bridgehead atoms. The van der Waals surface area contributed by atoms with Gasteiger partial charge in [0.1, 0.15) is 5.69 Å². The molecule has 3 rings (SSSR count). The van der Waals surface area contributed by atoms with Crippen molar-refractivity contribution in [2.45, 2.75) is 25.3 Å². The summed E-state index contributed by atoms with van der Waals surface area (Å²) in [4.78, 5) is 36.9. The van der Waals surface area contributed by atoms with E-state index >= 15 is 0 Å². The molecule has 154 valence electrons. The van der Waals surface area contributed by atoms with Crippen LogP contribution in [0.25, 0.3) is 0 Å². The lowest BCUT2D eigenvalue weighted by Crippen LogP contribution is -2.46. The quantitative estimate of drug-likeness (QED) is 0.537. The zero-order valence-corrected chi connectivity index (χ0v) is 16.2. The lowest BCUT2D eigenvalue weighted by atomic mass is 10.0. The largest absolute Gasteiger partial charge is 0.379 e. The average molecular weight is 400 g/mol. The highest BCUT2D eigenvalue weighted by Crippen LogP contribution is 2.23. The minimum absolute atomic E-state index is 0.00637. The van der Waals surface area contributed by atoms with E-state index in [4.69, 9.17) is 0 Å². The molecule has 29 heavy (non-hydrogen) atoms. The van der Waals surface area contributed by atoms with Crippen LogP contribution in [0.3, 0.4) is 0 Å². The van der Waals surface area contributed by atoms with Gasteiger partial charge in [-0.15, -0.1) is 0 Å². The average Bonchev–Trinajstić information content (AvgIpc) is 3.15. The van der Waals surface area contributed by atoms with Gasteiger partial charge in [0.2, 0.25) is 5.91 Å². The van der Waals surface area contributed by atoms with E-state index in [0.717, 1.165) is 0 Å². The van der Waals surface area contributed by atoms with Crippen molar-refractivity contribution < 1.29 is 14.5 Å². The number of nitrogens with zero attached hydrogens (tertiary/aromatic N) is 4. The van der Waals surface area contributed by atoms with E-state index in [0.29, 0.717) is 43.7 Å². The van der Waals surface area contributed by atoms with Gasteiger partial charge in [-0.05, 0) is 18.9 Å². The molecule has 2 N–H and O–H groups in total. The van der Waals surface area contributed by atoms with Crippen LogP contribution in [0, 0.1) is 10.1 Å². The van der Waals surface area contributed by atoms with Crippen molar-refractivity contribution in [3.05, 3.63) is 52.3 Å². The van der Waals surface area contributed by atoms with Gasteiger partial charge in [0.05, 0.1) is 16.7 Å². The minimum atomic E-state index is -0.450. The van der Waals surface area contributed by atoms with Crippen molar-refractivity contribution in [1.82, 2.24) is 20.0 Å². The fourth-order valence-electron chi connectivity index (χ4n) is 3.32. The molecule has 1 fully saturated rings. The van der Waals surface area contributed by atoms with Crippen LogP contribution in [0.1, 0.15) is 29.6 Å². The minimum Gasteiger partial charge on any atom is -0.379 e. The van der Waals surface area contributed by atoms with Crippen LogP contribution in [-0.4, -0.2) is 57.1 Å². The third-order valence-electron chi connectivity index (χ3n) is 4.91. The summed E-state index contributed by atoms with van der Waals surface area (Å²) in [5.41, 5.74) is 0.916. The molecule has 10 heteroatoms. The Morgan fingerprint density at radius 3 is 2.66 bits per heavy atom. The molecular formula is C19H24N6O4. The number of carbonyl (C=O) groups excluding carboxylic acids is 2. The zero-order valence-electron chi connectivity index (χ0n) is 16.2. The summed E-state index contributed by atoms with van der Waals surface area (Å²) in [6.07, 6.45) is 4.82. The maximum absolute atomic E-state index is 12.4. The Morgan fingerprint density at radius 1 is 1.28 bits per heavy atom. The second kappa shape index (κ2) is 9.18. The molecule has 1 saturated heterocycles. The molecule has 0 atom stereocenters. The molecular weight excluding hydrogens is 376 g/mol. The van der Waals surface area contributed by atoms with Gasteiger partial charge < -0.3 is 15.5 Å². The SMILES string of the molecule is Cn1cc(C(=O)NC2CCN(C(=O)CCNc3ccccc3[N+](=O)[O-])CC2)cn1. The van der Waals surface area contributed by atoms with Gasteiger partial charge in [-0.2, -0.15) is 5.10 Å². The standard InChI is InChI=1S/C19H24N6O4/c1-23-13-14(12-21-23)19(27)22-15-7-10-24(11-8-15)18(26)6-9-20-16-4-2-3-5-17(16)25(28)29/h2-5,12-13,15,20H,6-11H2,1H3,(H,22,27). The number of aryl methyl sites for hydroxylation is 1. The van der Waals surface area contributed by atoms with E-state index in [1.165, 1.54) is 12.3 Å². The summed E-state index contributed by atoms with van der Waals surface area (Å²) in [7, 11) is 1.76. The Balaban J connectivity index is 1.41. The van der Waals surface area contributed by atoms with E-state index < -0.39 is 4.92 Å². The number of nitro groups is 1. The molecule has 2 heterocycles. The van der Waals surface area contributed by atoms with Crippen molar-refractivity contribution in [2.75, 3.05) is 25.0 Å². The molecule has 0 radical (unpaired) electrons. The number of benzene rings is 1. The molecule has 1 aliphatic heterocycles. The lowest BCUT2D eigenvalue weighted by molar-refractivity contribution is -0.384. The van der Waals surface area contributed by atoms with Crippen LogP contribution in [0.15, 0.2) is 36.7 Å². The Hall–Kier alpha value is -3.43. The number of piperidine rings is 1. The number of anilines is 1. The predicted molar refractivity (Wildman–Crippen MR) is 106 cm³/mol. The predicted octanol–water partition coefficient (Wildman–Crippen LogP) is 1.55. The van der Waals surface area contributed by atoms with E-state index in [1.807, 2.05) is 0 Å². The number of aromatic nitrogens is 2. The summed E-state index contributed by atoms with van der Waals surface area (Å²) in [5.74, 6) is -0.162. The molecule has 1 aromatic heterocycles. The van der Waals surface area contributed by atoms with Crippen molar-refractivity contribution in [3.8, 4) is 0 Å². The number of para-hydroxylation sites is 2. The third-order valence-corrected chi connectivity index (χ3v) is 4.91. The van der Waals surface area contributed by atoms with E-state index in [2.05, 4.69) is 15.7 Å². The Labute approximate surface area is 168 Å². The van der Waals surface area contributed by atoms with Gasteiger partial charge in [-0.25, -0.2) is 0 Å². The van der Waals surface area contributed by atoms with Crippen LogP contribution in [0.2, 0.25) is 0 Å². The third kappa shape index (κ3) is 5.31. The van der Waals surface area contributed by atoms with Gasteiger partial charge in [0, 0.05) is 51.4 Å². The van der Waals surface area contributed by atoms with Gasteiger partial charge in [-0.1, -0.05) is 12.1 Å². The fraction of sp³-hybridized carbons (Fsp3) is 0.421. The number of carbonyl (C=O) groups is 2. The number of nitrogens with one attached hydrogen (secondary N) is 2. The second-order valence-corrected chi connectivity index (χ2v) is 6.98.